The summed E-state index contributed by atoms with van der Waals surface area (Å²) < 4.78 is 0. The second-order valence-electron chi connectivity index (χ2n) is 7.64. The normalized spacial score (nSPS) is 15.0. The van der Waals surface area contributed by atoms with Crippen molar-refractivity contribution in [1.82, 2.24) is 15.3 Å². The summed E-state index contributed by atoms with van der Waals surface area (Å²) in [7, 11) is 0. The van der Waals surface area contributed by atoms with Crippen molar-refractivity contribution in [2.24, 2.45) is 0 Å². The number of anilines is 1. The van der Waals surface area contributed by atoms with E-state index in [0.717, 1.165) is 35.4 Å². The number of para-hydroxylation sites is 1. The van der Waals surface area contributed by atoms with Crippen molar-refractivity contribution in [3.8, 4) is 0 Å². The van der Waals surface area contributed by atoms with E-state index < -0.39 is 0 Å². The first kappa shape index (κ1) is 19.5. The Morgan fingerprint density at radius 1 is 1.10 bits per heavy atom. The van der Waals surface area contributed by atoms with Crippen LogP contribution in [-0.2, 0) is 17.6 Å². The Bertz CT molecular complexity index is 1240. The third kappa shape index (κ3) is 3.96. The molecule has 7 heteroatoms. The quantitative estimate of drug-likeness (QED) is 0.427. The Morgan fingerprint density at radius 2 is 1.90 bits per heavy atom. The standard InChI is InChI=1S/C24H22N4O2S/c29-22(15-6-2-1-3-7-15)28-24-27-21-18(10-11-20(21)31-24)23(30)25-13-12-16-14-26-19-9-5-4-8-17(16)19/h1-9,14,18,26H,10-13H2,(H,25,30)(H,27,28,29)/t18-/m1/s1. The number of aryl methyl sites for hydroxylation is 1. The lowest BCUT2D eigenvalue weighted by molar-refractivity contribution is -0.122. The van der Waals surface area contributed by atoms with Crippen LogP contribution in [0.15, 0.2) is 60.8 Å². The molecule has 0 saturated carbocycles. The van der Waals surface area contributed by atoms with Crippen molar-refractivity contribution in [3.05, 3.63) is 82.5 Å². The Hall–Kier alpha value is -3.45. The van der Waals surface area contributed by atoms with Gasteiger partial charge in [-0.15, -0.1) is 11.3 Å². The molecule has 2 heterocycles. The van der Waals surface area contributed by atoms with Gasteiger partial charge in [0.05, 0.1) is 11.6 Å². The van der Waals surface area contributed by atoms with E-state index in [-0.39, 0.29) is 17.7 Å². The first-order chi connectivity index (χ1) is 15.2. The minimum atomic E-state index is -0.253. The molecule has 0 bridgehead atoms. The van der Waals surface area contributed by atoms with Gasteiger partial charge >= 0.3 is 0 Å². The monoisotopic (exact) mass is 430 g/mol. The van der Waals surface area contributed by atoms with Gasteiger partial charge in [0.2, 0.25) is 5.91 Å². The number of carbonyl (C=O) groups is 2. The van der Waals surface area contributed by atoms with Crippen LogP contribution in [0, 0.1) is 0 Å². The number of rotatable bonds is 6. The van der Waals surface area contributed by atoms with E-state index in [2.05, 4.69) is 26.7 Å². The highest BCUT2D eigenvalue weighted by molar-refractivity contribution is 7.16. The van der Waals surface area contributed by atoms with Gasteiger partial charge < -0.3 is 10.3 Å². The van der Waals surface area contributed by atoms with Crippen LogP contribution in [0.3, 0.4) is 0 Å². The number of hydrogen-bond acceptors (Lipinski definition) is 4. The summed E-state index contributed by atoms with van der Waals surface area (Å²) in [5.74, 6) is -0.436. The fraction of sp³-hybridized carbons (Fsp3) is 0.208. The summed E-state index contributed by atoms with van der Waals surface area (Å²) in [4.78, 5) is 34.1. The predicted molar refractivity (Wildman–Crippen MR) is 123 cm³/mol. The predicted octanol–water partition coefficient (Wildman–Crippen LogP) is 4.27. The second kappa shape index (κ2) is 8.35. The van der Waals surface area contributed by atoms with Crippen molar-refractivity contribution < 1.29 is 9.59 Å². The molecule has 0 fully saturated rings. The third-order valence-electron chi connectivity index (χ3n) is 5.66. The Labute approximate surface area is 183 Å². The molecule has 1 aliphatic rings. The van der Waals surface area contributed by atoms with E-state index in [1.54, 1.807) is 12.1 Å². The fourth-order valence-electron chi connectivity index (χ4n) is 4.08. The maximum Gasteiger partial charge on any atom is 0.257 e. The molecule has 2 amide bonds. The summed E-state index contributed by atoms with van der Waals surface area (Å²) in [6.45, 7) is 0.578. The van der Waals surface area contributed by atoms with Gasteiger partial charge in [-0.05, 0) is 43.0 Å². The van der Waals surface area contributed by atoms with Crippen molar-refractivity contribution in [3.63, 3.8) is 0 Å². The summed E-state index contributed by atoms with van der Waals surface area (Å²) >= 11 is 1.46. The van der Waals surface area contributed by atoms with Gasteiger partial charge in [-0.2, -0.15) is 0 Å². The molecule has 0 saturated heterocycles. The summed E-state index contributed by atoms with van der Waals surface area (Å²) in [6, 6.07) is 17.2. The maximum atomic E-state index is 12.8. The summed E-state index contributed by atoms with van der Waals surface area (Å²) in [5.41, 5.74) is 3.70. The molecule has 6 nitrogen and oxygen atoms in total. The van der Waals surface area contributed by atoms with Gasteiger partial charge in [-0.1, -0.05) is 36.4 Å². The number of hydrogen-bond donors (Lipinski definition) is 3. The van der Waals surface area contributed by atoms with Crippen LogP contribution in [0.4, 0.5) is 5.13 Å². The van der Waals surface area contributed by atoms with Crippen LogP contribution in [-0.4, -0.2) is 28.3 Å². The molecule has 2 aromatic carbocycles. The summed E-state index contributed by atoms with van der Waals surface area (Å²) in [5, 5.41) is 7.67. The zero-order valence-electron chi connectivity index (χ0n) is 16.9. The highest BCUT2D eigenvalue weighted by Gasteiger charge is 2.32. The highest BCUT2D eigenvalue weighted by Crippen LogP contribution is 2.38. The van der Waals surface area contributed by atoms with Crippen LogP contribution in [0.2, 0.25) is 0 Å². The van der Waals surface area contributed by atoms with Crippen molar-refractivity contribution in [2.45, 2.75) is 25.2 Å². The first-order valence-corrected chi connectivity index (χ1v) is 11.2. The number of nitrogens with one attached hydrogen (secondary N) is 3. The zero-order valence-corrected chi connectivity index (χ0v) is 17.7. The minimum absolute atomic E-state index is 0.00447. The molecule has 1 atom stereocenters. The van der Waals surface area contributed by atoms with E-state index >= 15 is 0 Å². The van der Waals surface area contributed by atoms with Crippen LogP contribution in [0.1, 0.15) is 38.8 Å². The van der Waals surface area contributed by atoms with Crippen LogP contribution < -0.4 is 10.6 Å². The molecule has 4 aromatic rings. The number of carbonyl (C=O) groups excluding carboxylic acids is 2. The van der Waals surface area contributed by atoms with Gasteiger partial charge in [0, 0.05) is 34.1 Å². The maximum absolute atomic E-state index is 12.8. The van der Waals surface area contributed by atoms with Crippen LogP contribution >= 0.6 is 11.3 Å². The fourth-order valence-corrected chi connectivity index (χ4v) is 5.11. The SMILES string of the molecule is O=C(Nc1nc2c(s1)CC[C@H]2C(=O)NCCc1c[nH]c2ccccc12)c1ccccc1. The Balaban J connectivity index is 1.20. The number of nitrogens with zero attached hydrogens (tertiary/aromatic N) is 1. The molecule has 3 N–H and O–H groups in total. The molecule has 31 heavy (non-hydrogen) atoms. The number of fused-ring (bicyclic) bond motifs is 2. The molecule has 5 rings (SSSR count). The van der Waals surface area contributed by atoms with Gasteiger partial charge in [-0.3, -0.25) is 14.9 Å². The Kier molecular flexibility index (Phi) is 5.26. The molecular formula is C24H22N4O2S. The lowest BCUT2D eigenvalue weighted by Crippen LogP contribution is -2.30. The topological polar surface area (TPSA) is 86.9 Å². The van der Waals surface area contributed by atoms with E-state index in [1.807, 2.05) is 42.6 Å². The van der Waals surface area contributed by atoms with Crippen LogP contribution in [0.5, 0.6) is 0 Å². The summed E-state index contributed by atoms with van der Waals surface area (Å²) in [6.07, 6.45) is 4.35. The number of benzene rings is 2. The van der Waals surface area contributed by atoms with E-state index in [0.29, 0.717) is 17.2 Å². The number of aromatic nitrogens is 2. The van der Waals surface area contributed by atoms with Crippen molar-refractivity contribution >= 4 is 39.2 Å². The molecule has 1 aliphatic carbocycles. The number of amides is 2. The Morgan fingerprint density at radius 3 is 2.77 bits per heavy atom. The van der Waals surface area contributed by atoms with Crippen molar-refractivity contribution in [1.29, 1.82) is 0 Å². The van der Waals surface area contributed by atoms with E-state index in [9.17, 15) is 9.59 Å². The molecule has 0 spiro atoms. The second-order valence-corrected chi connectivity index (χ2v) is 8.72. The third-order valence-corrected chi connectivity index (χ3v) is 6.71. The van der Waals surface area contributed by atoms with Gasteiger partial charge in [0.25, 0.3) is 5.91 Å². The molecule has 156 valence electrons. The van der Waals surface area contributed by atoms with Gasteiger partial charge in [0.1, 0.15) is 0 Å². The highest BCUT2D eigenvalue weighted by atomic mass is 32.1. The molecular weight excluding hydrogens is 408 g/mol. The molecule has 0 unspecified atom stereocenters. The largest absolute Gasteiger partial charge is 0.361 e. The smallest absolute Gasteiger partial charge is 0.257 e. The number of thiazole rings is 1. The van der Waals surface area contributed by atoms with Crippen LogP contribution in [0.25, 0.3) is 10.9 Å². The lowest BCUT2D eigenvalue weighted by Gasteiger charge is -2.10. The molecule has 2 aromatic heterocycles. The number of H-pyrrole nitrogens is 1. The number of aromatic amines is 1. The lowest BCUT2D eigenvalue weighted by atomic mass is 10.1. The molecule has 0 radical (unpaired) electrons. The van der Waals surface area contributed by atoms with Gasteiger partial charge in [0.15, 0.2) is 5.13 Å². The zero-order chi connectivity index (χ0) is 21.2. The average Bonchev–Trinajstić information content (AvgIpc) is 3.49. The minimum Gasteiger partial charge on any atom is -0.361 e. The van der Waals surface area contributed by atoms with Gasteiger partial charge in [-0.25, -0.2) is 4.98 Å². The molecule has 0 aliphatic heterocycles. The van der Waals surface area contributed by atoms with Crippen molar-refractivity contribution in [2.75, 3.05) is 11.9 Å². The first-order valence-electron chi connectivity index (χ1n) is 10.4. The van der Waals surface area contributed by atoms with E-state index in [4.69, 9.17) is 0 Å². The van der Waals surface area contributed by atoms with E-state index in [1.165, 1.54) is 22.3 Å². The average molecular weight is 431 g/mol.